The molecule has 130 valence electrons. The molecule has 0 spiro atoms. The van der Waals surface area contributed by atoms with Crippen molar-refractivity contribution in [3.8, 4) is 5.69 Å². The van der Waals surface area contributed by atoms with Crippen molar-refractivity contribution >= 4 is 46.2 Å². The third kappa shape index (κ3) is 2.60. The fraction of sp³-hybridized carbons (Fsp3) is 0.375. The molecule has 4 N–H and O–H groups in total. The van der Waals surface area contributed by atoms with E-state index in [1.807, 2.05) is 6.20 Å². The predicted octanol–water partition coefficient (Wildman–Crippen LogP) is 2.93. The standard InChI is InChI=1S/C16H18IN7S/c1-8-4-9(21-16-20-7-12(18)25-16)5-10(8)15-23-22-13-6-17-14-11(24(13)15)2-3-19-14/h2-3,6-10,19H,4-5,18H2,1H3,(H,20,21)/t8-,9+,10+/m1/s1. The second-order valence-corrected chi connectivity index (χ2v) is 10.00. The second kappa shape index (κ2) is 5.90. The first-order valence-corrected chi connectivity index (χ1v) is 11.4. The molecule has 3 aromatic heterocycles. The molecule has 25 heavy (non-hydrogen) atoms. The first-order chi connectivity index (χ1) is 12.2. The molecule has 1 saturated carbocycles. The molecular formula is C16H18IN7S. The van der Waals surface area contributed by atoms with E-state index in [1.54, 1.807) is 6.20 Å². The Bertz CT molecular complexity index is 956. The van der Waals surface area contributed by atoms with E-state index >= 15 is 0 Å². The van der Waals surface area contributed by atoms with Gasteiger partial charge in [0.1, 0.15) is 10.8 Å². The van der Waals surface area contributed by atoms with Crippen molar-refractivity contribution in [2.45, 2.75) is 31.7 Å². The summed E-state index contributed by atoms with van der Waals surface area (Å²) in [5.41, 5.74) is 7.02. The zero-order valence-corrected chi connectivity index (χ0v) is 16.6. The fourth-order valence-corrected chi connectivity index (χ4v) is 6.58. The van der Waals surface area contributed by atoms with E-state index in [0.717, 1.165) is 34.6 Å². The number of nitrogens with one attached hydrogen (secondary N) is 2. The number of halogens is 1. The molecule has 0 amide bonds. The Balaban J connectivity index is 1.44. The molecule has 1 aliphatic heterocycles. The Kier molecular flexibility index (Phi) is 3.66. The monoisotopic (exact) mass is 467 g/mol. The van der Waals surface area contributed by atoms with Gasteiger partial charge in [-0.15, -0.1) is 10.2 Å². The Hall–Kier alpha value is -1.75. The minimum Gasteiger partial charge on any atom is -0.389 e. The Morgan fingerprint density at radius 1 is 1.40 bits per heavy atom. The van der Waals surface area contributed by atoms with E-state index in [1.165, 1.54) is 20.7 Å². The number of hydrogen-bond donors (Lipinski definition) is 3. The SMILES string of the molecule is C[C@@H]1C[C@H](Nc2ncc(N)s2)C[C@@H]1c1nnc2n1-c1cc[nH]c1I=C2. The average molecular weight is 467 g/mol. The minimum atomic E-state index is -0.143. The van der Waals surface area contributed by atoms with Gasteiger partial charge in [-0.25, -0.2) is 4.98 Å². The molecule has 0 aromatic carbocycles. The van der Waals surface area contributed by atoms with E-state index < -0.39 is 0 Å². The first-order valence-electron chi connectivity index (χ1n) is 8.26. The van der Waals surface area contributed by atoms with Gasteiger partial charge in [-0.1, -0.05) is 39.0 Å². The number of fused-ring (bicyclic) bond motifs is 3. The van der Waals surface area contributed by atoms with Gasteiger partial charge in [0.15, 0.2) is 11.0 Å². The number of rotatable bonds is 3. The van der Waals surface area contributed by atoms with Crippen molar-refractivity contribution < 1.29 is 0 Å². The van der Waals surface area contributed by atoms with Crippen LogP contribution in [0, 0.1) is 9.62 Å². The summed E-state index contributed by atoms with van der Waals surface area (Å²) in [4.78, 5) is 7.70. The third-order valence-electron chi connectivity index (χ3n) is 4.96. The number of hydrogen-bond acceptors (Lipinski definition) is 6. The number of nitrogen functional groups attached to an aromatic ring is 1. The molecular weight excluding hydrogens is 449 g/mol. The quantitative estimate of drug-likeness (QED) is 0.403. The zero-order chi connectivity index (χ0) is 17.0. The van der Waals surface area contributed by atoms with E-state index in [2.05, 4.69) is 47.1 Å². The molecule has 0 unspecified atom stereocenters. The number of nitrogens with zero attached hydrogens (tertiary/aromatic N) is 4. The van der Waals surface area contributed by atoms with E-state index in [4.69, 9.17) is 5.73 Å². The van der Waals surface area contributed by atoms with E-state index in [-0.39, 0.29) is 20.7 Å². The van der Waals surface area contributed by atoms with E-state index in [0.29, 0.717) is 17.9 Å². The summed E-state index contributed by atoms with van der Waals surface area (Å²) in [5, 5.41) is 14.2. The van der Waals surface area contributed by atoms with Gasteiger partial charge < -0.3 is 16.0 Å². The summed E-state index contributed by atoms with van der Waals surface area (Å²) in [6.07, 6.45) is 5.87. The van der Waals surface area contributed by atoms with E-state index in [9.17, 15) is 0 Å². The van der Waals surface area contributed by atoms with Crippen LogP contribution in [0.3, 0.4) is 0 Å². The first kappa shape index (κ1) is 15.5. The maximum atomic E-state index is 5.79. The lowest BCUT2D eigenvalue weighted by Crippen LogP contribution is -2.16. The van der Waals surface area contributed by atoms with Gasteiger partial charge in [-0.3, -0.25) is 4.57 Å². The molecule has 9 heteroatoms. The van der Waals surface area contributed by atoms with Crippen LogP contribution in [0.2, 0.25) is 0 Å². The molecule has 4 heterocycles. The highest BCUT2D eigenvalue weighted by atomic mass is 127. The van der Waals surface area contributed by atoms with Crippen LogP contribution in [-0.4, -0.2) is 34.8 Å². The summed E-state index contributed by atoms with van der Waals surface area (Å²) in [6.45, 7) is 2.31. The van der Waals surface area contributed by atoms with Crippen LogP contribution in [0.1, 0.15) is 37.3 Å². The van der Waals surface area contributed by atoms with Crippen molar-refractivity contribution in [3.05, 3.63) is 33.8 Å². The molecule has 2 aliphatic rings. The molecule has 3 aromatic rings. The molecule has 0 bridgehead atoms. The van der Waals surface area contributed by atoms with Gasteiger partial charge >= 0.3 is 0 Å². The summed E-state index contributed by atoms with van der Waals surface area (Å²) >= 11 is 1.36. The van der Waals surface area contributed by atoms with Gasteiger partial charge in [-0.2, -0.15) is 0 Å². The number of aromatic nitrogens is 5. The van der Waals surface area contributed by atoms with Crippen LogP contribution < -0.4 is 11.1 Å². The highest BCUT2D eigenvalue weighted by molar-refractivity contribution is 14.2. The van der Waals surface area contributed by atoms with Crippen molar-refractivity contribution in [3.63, 3.8) is 0 Å². The Morgan fingerprint density at radius 2 is 2.32 bits per heavy atom. The third-order valence-corrected chi connectivity index (χ3v) is 8.07. The van der Waals surface area contributed by atoms with Crippen LogP contribution in [-0.2, 0) is 0 Å². The summed E-state index contributed by atoms with van der Waals surface area (Å²) in [7, 11) is 0. The fourth-order valence-electron chi connectivity index (χ4n) is 3.82. The summed E-state index contributed by atoms with van der Waals surface area (Å²) in [5.74, 6) is 3.03. The lowest BCUT2D eigenvalue weighted by atomic mass is 9.97. The maximum absolute atomic E-state index is 5.79. The Labute approximate surface area is 158 Å². The number of thiazole rings is 1. The maximum Gasteiger partial charge on any atom is 0.184 e. The van der Waals surface area contributed by atoms with Gasteiger partial charge in [0.05, 0.1) is 15.6 Å². The van der Waals surface area contributed by atoms with Gasteiger partial charge in [0, 0.05) is 22.2 Å². The number of aromatic amines is 1. The lowest BCUT2D eigenvalue weighted by Gasteiger charge is -2.18. The number of H-pyrrole nitrogens is 1. The van der Waals surface area contributed by atoms with Crippen molar-refractivity contribution in [2.24, 2.45) is 5.92 Å². The van der Waals surface area contributed by atoms with Crippen LogP contribution in [0.4, 0.5) is 10.1 Å². The molecule has 1 aliphatic carbocycles. The summed E-state index contributed by atoms with van der Waals surface area (Å²) < 4.78 is 5.84. The minimum absolute atomic E-state index is 0.143. The van der Waals surface area contributed by atoms with Gasteiger partial charge in [-0.05, 0) is 24.8 Å². The molecule has 7 nitrogen and oxygen atoms in total. The molecule has 0 radical (unpaired) electrons. The van der Waals surface area contributed by atoms with Crippen LogP contribution in [0.5, 0.6) is 0 Å². The largest absolute Gasteiger partial charge is 0.389 e. The lowest BCUT2D eigenvalue weighted by molar-refractivity contribution is 0.502. The predicted molar refractivity (Wildman–Crippen MR) is 109 cm³/mol. The molecule has 1 fully saturated rings. The zero-order valence-electron chi connectivity index (χ0n) is 13.6. The highest BCUT2D eigenvalue weighted by Crippen LogP contribution is 2.42. The number of nitrogens with two attached hydrogens (primary N) is 1. The van der Waals surface area contributed by atoms with Crippen LogP contribution >= 0.6 is 32.1 Å². The molecule has 0 saturated heterocycles. The van der Waals surface area contributed by atoms with Crippen molar-refractivity contribution in [1.82, 2.24) is 24.7 Å². The molecule has 3 atom stereocenters. The van der Waals surface area contributed by atoms with Crippen LogP contribution in [0.15, 0.2) is 18.5 Å². The van der Waals surface area contributed by atoms with Crippen molar-refractivity contribution in [1.29, 1.82) is 0 Å². The Morgan fingerprint density at radius 3 is 3.16 bits per heavy atom. The van der Waals surface area contributed by atoms with Crippen LogP contribution in [0.25, 0.3) is 5.69 Å². The average Bonchev–Trinajstić information content (AvgIpc) is 3.33. The second-order valence-electron chi connectivity index (χ2n) is 6.61. The topological polar surface area (TPSA) is 97.4 Å². The van der Waals surface area contributed by atoms with Gasteiger partial charge in [0.2, 0.25) is 0 Å². The van der Waals surface area contributed by atoms with Gasteiger partial charge in [0.25, 0.3) is 0 Å². The summed E-state index contributed by atoms with van der Waals surface area (Å²) in [6, 6.07) is 2.54. The normalized spacial score (nSPS) is 24.6. The molecule has 5 rings (SSSR count). The highest BCUT2D eigenvalue weighted by Gasteiger charge is 2.37. The smallest absolute Gasteiger partial charge is 0.184 e. The number of anilines is 2. The van der Waals surface area contributed by atoms with Crippen molar-refractivity contribution in [2.75, 3.05) is 11.1 Å².